The van der Waals surface area contributed by atoms with Gasteiger partial charge in [-0.2, -0.15) is 0 Å². The van der Waals surface area contributed by atoms with E-state index in [9.17, 15) is 9.90 Å². The third kappa shape index (κ3) is 8.18. The number of ether oxygens (including phenoxy) is 1. The molecule has 0 aromatic carbocycles. The van der Waals surface area contributed by atoms with Gasteiger partial charge in [-0.05, 0) is 26.7 Å². The molecule has 1 aliphatic rings. The fourth-order valence-electron chi connectivity index (χ4n) is 2.26. The van der Waals surface area contributed by atoms with Crippen molar-refractivity contribution in [2.24, 2.45) is 0 Å². The maximum Gasteiger partial charge on any atom is 0.234 e. The Labute approximate surface area is 116 Å². The van der Waals surface area contributed by atoms with Gasteiger partial charge in [0.15, 0.2) is 0 Å². The molecule has 3 N–H and O–H groups in total. The van der Waals surface area contributed by atoms with E-state index in [1.165, 1.54) is 19.3 Å². The second kappa shape index (κ2) is 9.28. The summed E-state index contributed by atoms with van der Waals surface area (Å²) in [5.74, 6) is -0.0459. The van der Waals surface area contributed by atoms with Gasteiger partial charge in [-0.3, -0.25) is 4.79 Å². The molecule has 0 bridgehead atoms. The van der Waals surface area contributed by atoms with Crippen LogP contribution in [0.4, 0.5) is 0 Å². The number of nitrogens with one attached hydrogen (secondary N) is 2. The predicted octanol–water partition coefficient (Wildman–Crippen LogP) is 0.811. The normalized spacial score (nSPS) is 18.5. The van der Waals surface area contributed by atoms with Crippen LogP contribution in [-0.4, -0.2) is 49.0 Å². The Kier molecular flexibility index (Phi) is 8.02. The first kappa shape index (κ1) is 16.4. The van der Waals surface area contributed by atoms with Gasteiger partial charge in [0.05, 0.1) is 25.4 Å². The van der Waals surface area contributed by atoms with Crippen molar-refractivity contribution < 1.29 is 14.6 Å². The van der Waals surface area contributed by atoms with Crippen molar-refractivity contribution in [3.8, 4) is 0 Å². The van der Waals surface area contributed by atoms with Crippen molar-refractivity contribution in [2.45, 2.75) is 64.2 Å². The van der Waals surface area contributed by atoms with Crippen LogP contribution in [0.3, 0.4) is 0 Å². The zero-order valence-corrected chi connectivity index (χ0v) is 12.2. The lowest BCUT2D eigenvalue weighted by molar-refractivity contribution is -0.120. The molecule has 0 aromatic rings. The molecule has 5 nitrogen and oxygen atoms in total. The highest BCUT2D eigenvalue weighted by molar-refractivity contribution is 5.78. The summed E-state index contributed by atoms with van der Waals surface area (Å²) < 4.78 is 5.68. The molecular weight excluding hydrogens is 244 g/mol. The van der Waals surface area contributed by atoms with Gasteiger partial charge in [-0.1, -0.05) is 19.3 Å². The fourth-order valence-corrected chi connectivity index (χ4v) is 2.26. The van der Waals surface area contributed by atoms with Crippen LogP contribution in [0.5, 0.6) is 0 Å². The Bertz CT molecular complexity index is 253. The van der Waals surface area contributed by atoms with E-state index < -0.39 is 6.10 Å². The van der Waals surface area contributed by atoms with E-state index in [2.05, 4.69) is 10.6 Å². The molecule has 0 spiro atoms. The quantitative estimate of drug-likeness (QED) is 0.611. The van der Waals surface area contributed by atoms with Crippen molar-refractivity contribution in [3.63, 3.8) is 0 Å². The van der Waals surface area contributed by atoms with Crippen LogP contribution in [0.15, 0.2) is 0 Å². The molecule has 1 unspecified atom stereocenters. The van der Waals surface area contributed by atoms with E-state index in [4.69, 9.17) is 4.74 Å². The third-order valence-electron chi connectivity index (χ3n) is 3.19. The summed E-state index contributed by atoms with van der Waals surface area (Å²) >= 11 is 0. The smallest absolute Gasteiger partial charge is 0.234 e. The van der Waals surface area contributed by atoms with E-state index in [1.807, 2.05) is 13.8 Å². The number of hydrogen-bond donors (Lipinski definition) is 3. The van der Waals surface area contributed by atoms with E-state index in [-0.39, 0.29) is 18.5 Å². The second-order valence-electron chi connectivity index (χ2n) is 5.60. The zero-order valence-electron chi connectivity index (χ0n) is 12.2. The molecule has 1 fully saturated rings. The van der Waals surface area contributed by atoms with Crippen LogP contribution >= 0.6 is 0 Å². The minimum absolute atomic E-state index is 0.0459. The number of carbonyl (C=O) groups is 1. The minimum Gasteiger partial charge on any atom is -0.389 e. The number of carbonyl (C=O) groups excluding carboxylic acids is 1. The first-order valence-electron chi connectivity index (χ1n) is 7.37. The molecule has 1 saturated carbocycles. The maximum atomic E-state index is 11.4. The molecule has 1 aliphatic carbocycles. The van der Waals surface area contributed by atoms with Crippen molar-refractivity contribution >= 4 is 5.91 Å². The SMILES string of the molecule is CC(C)NC(=O)CNCC(O)COC1CCCCC1. The Morgan fingerprint density at radius 1 is 1.32 bits per heavy atom. The summed E-state index contributed by atoms with van der Waals surface area (Å²) in [7, 11) is 0. The molecule has 1 amide bonds. The first-order valence-corrected chi connectivity index (χ1v) is 7.37. The molecule has 1 atom stereocenters. The summed E-state index contributed by atoms with van der Waals surface area (Å²) in [4.78, 5) is 11.4. The zero-order chi connectivity index (χ0) is 14.1. The monoisotopic (exact) mass is 272 g/mol. The van der Waals surface area contributed by atoms with Crippen LogP contribution in [0.1, 0.15) is 46.0 Å². The Balaban J connectivity index is 2.01. The van der Waals surface area contributed by atoms with Gasteiger partial charge in [0.1, 0.15) is 0 Å². The molecule has 19 heavy (non-hydrogen) atoms. The molecule has 0 aromatic heterocycles. The topological polar surface area (TPSA) is 70.6 Å². The van der Waals surface area contributed by atoms with E-state index >= 15 is 0 Å². The highest BCUT2D eigenvalue weighted by atomic mass is 16.5. The van der Waals surface area contributed by atoms with E-state index in [0.717, 1.165) is 12.8 Å². The van der Waals surface area contributed by atoms with Crippen LogP contribution in [0.2, 0.25) is 0 Å². The summed E-state index contributed by atoms with van der Waals surface area (Å²) in [6, 6.07) is 0.147. The first-order chi connectivity index (χ1) is 9.08. The van der Waals surface area contributed by atoms with Gasteiger partial charge in [0, 0.05) is 12.6 Å². The number of aliphatic hydroxyl groups excluding tert-OH is 1. The lowest BCUT2D eigenvalue weighted by Gasteiger charge is -2.23. The number of rotatable bonds is 8. The average molecular weight is 272 g/mol. The highest BCUT2D eigenvalue weighted by Gasteiger charge is 2.15. The molecular formula is C14H28N2O3. The second-order valence-corrected chi connectivity index (χ2v) is 5.60. The molecule has 0 radical (unpaired) electrons. The standard InChI is InChI=1S/C14H28N2O3/c1-11(2)16-14(18)9-15-8-12(17)10-19-13-6-4-3-5-7-13/h11-13,15,17H,3-10H2,1-2H3,(H,16,18). The summed E-state index contributed by atoms with van der Waals surface area (Å²) in [6.07, 6.45) is 5.74. The lowest BCUT2D eigenvalue weighted by atomic mass is 9.98. The van der Waals surface area contributed by atoms with Crippen LogP contribution in [0, 0.1) is 0 Å². The van der Waals surface area contributed by atoms with Crippen molar-refractivity contribution in [2.75, 3.05) is 19.7 Å². The molecule has 112 valence electrons. The summed E-state index contributed by atoms with van der Waals surface area (Å²) in [5, 5.41) is 15.5. The van der Waals surface area contributed by atoms with Crippen LogP contribution < -0.4 is 10.6 Å². The van der Waals surface area contributed by atoms with Crippen molar-refractivity contribution in [3.05, 3.63) is 0 Å². The third-order valence-corrected chi connectivity index (χ3v) is 3.19. The molecule has 0 heterocycles. The average Bonchev–Trinajstić information content (AvgIpc) is 2.36. The van der Waals surface area contributed by atoms with Gasteiger partial charge in [-0.25, -0.2) is 0 Å². The molecule has 0 aliphatic heterocycles. The Morgan fingerprint density at radius 2 is 2.00 bits per heavy atom. The Hall–Kier alpha value is -0.650. The van der Waals surface area contributed by atoms with Crippen LogP contribution in [-0.2, 0) is 9.53 Å². The minimum atomic E-state index is -0.547. The molecule has 5 heteroatoms. The van der Waals surface area contributed by atoms with Gasteiger partial charge in [0.25, 0.3) is 0 Å². The maximum absolute atomic E-state index is 11.4. The molecule has 1 rings (SSSR count). The van der Waals surface area contributed by atoms with E-state index in [1.54, 1.807) is 0 Å². The largest absolute Gasteiger partial charge is 0.389 e. The van der Waals surface area contributed by atoms with Gasteiger partial charge >= 0.3 is 0 Å². The van der Waals surface area contributed by atoms with Gasteiger partial charge < -0.3 is 20.5 Å². The van der Waals surface area contributed by atoms with E-state index in [0.29, 0.717) is 19.3 Å². The summed E-state index contributed by atoms with van der Waals surface area (Å²) in [5.41, 5.74) is 0. The number of aliphatic hydroxyl groups is 1. The Morgan fingerprint density at radius 3 is 2.63 bits per heavy atom. The highest BCUT2D eigenvalue weighted by Crippen LogP contribution is 2.20. The summed E-state index contributed by atoms with van der Waals surface area (Å²) in [6.45, 7) is 4.82. The molecule has 0 saturated heterocycles. The van der Waals surface area contributed by atoms with Gasteiger partial charge in [0.2, 0.25) is 5.91 Å². The predicted molar refractivity (Wildman–Crippen MR) is 75.0 cm³/mol. The van der Waals surface area contributed by atoms with Gasteiger partial charge in [-0.15, -0.1) is 0 Å². The van der Waals surface area contributed by atoms with Crippen molar-refractivity contribution in [1.29, 1.82) is 0 Å². The lowest BCUT2D eigenvalue weighted by Crippen LogP contribution is -2.41. The van der Waals surface area contributed by atoms with Crippen LogP contribution in [0.25, 0.3) is 0 Å². The van der Waals surface area contributed by atoms with Crippen molar-refractivity contribution in [1.82, 2.24) is 10.6 Å². The fraction of sp³-hybridized carbons (Fsp3) is 0.929. The number of amides is 1. The number of hydrogen-bond acceptors (Lipinski definition) is 4.